The fourth-order valence-electron chi connectivity index (χ4n) is 3.54. The summed E-state index contributed by atoms with van der Waals surface area (Å²) in [6, 6.07) is 0.0624. The fraction of sp³-hybridized carbons (Fsp3) is 0.733. The summed E-state index contributed by atoms with van der Waals surface area (Å²) in [6.07, 6.45) is 6.65. The van der Waals surface area contributed by atoms with Crippen LogP contribution in [-0.2, 0) is 16.0 Å². The molecule has 1 saturated heterocycles. The van der Waals surface area contributed by atoms with Crippen LogP contribution in [0.15, 0.2) is 6.20 Å². The number of halogens is 1. The number of carbonyl (C=O) groups is 1. The van der Waals surface area contributed by atoms with Crippen LogP contribution >= 0.6 is 12.4 Å². The Balaban J connectivity index is 0.00000176. The highest BCUT2D eigenvalue weighted by atomic mass is 35.5. The van der Waals surface area contributed by atoms with Gasteiger partial charge in [-0.1, -0.05) is 0 Å². The van der Waals surface area contributed by atoms with Crippen LogP contribution in [0.5, 0.6) is 0 Å². The maximum absolute atomic E-state index is 12.9. The van der Waals surface area contributed by atoms with Crippen LogP contribution in [-0.4, -0.2) is 42.9 Å². The number of methoxy groups -OCH3 is 1. The molecule has 1 amide bonds. The Hall–Kier alpha value is -1.11. The minimum Gasteiger partial charge on any atom is -0.384 e. The molecule has 1 unspecified atom stereocenters. The number of aromatic amines is 1. The molecule has 22 heavy (non-hydrogen) atoms. The van der Waals surface area contributed by atoms with Crippen LogP contribution in [0.3, 0.4) is 0 Å². The average Bonchev–Trinajstić information content (AvgIpc) is 2.98. The summed E-state index contributed by atoms with van der Waals surface area (Å²) in [7, 11) is 1.67. The molecule has 1 aliphatic heterocycles. The van der Waals surface area contributed by atoms with E-state index in [0.29, 0.717) is 6.61 Å². The Morgan fingerprint density at radius 3 is 3.00 bits per heavy atom. The molecule has 3 N–H and O–H groups in total. The molecule has 3 rings (SSSR count). The number of aromatic nitrogens is 2. The van der Waals surface area contributed by atoms with E-state index in [-0.39, 0.29) is 24.4 Å². The first-order chi connectivity index (χ1) is 10.2. The number of piperidine rings is 1. The summed E-state index contributed by atoms with van der Waals surface area (Å²) < 4.78 is 5.34. The van der Waals surface area contributed by atoms with Crippen molar-refractivity contribution < 1.29 is 9.53 Å². The average molecular weight is 329 g/mol. The van der Waals surface area contributed by atoms with Gasteiger partial charge in [-0.15, -0.1) is 12.4 Å². The van der Waals surface area contributed by atoms with Crippen molar-refractivity contribution in [2.45, 2.75) is 38.1 Å². The van der Waals surface area contributed by atoms with Crippen molar-refractivity contribution in [3.05, 3.63) is 17.5 Å². The quantitative estimate of drug-likeness (QED) is 0.779. The molecule has 0 spiro atoms. The van der Waals surface area contributed by atoms with Gasteiger partial charge in [-0.3, -0.25) is 9.89 Å². The molecule has 1 fully saturated rings. The third-order valence-electron chi connectivity index (χ3n) is 4.81. The zero-order chi connectivity index (χ0) is 14.7. The second-order valence-electron chi connectivity index (χ2n) is 6.19. The molecule has 7 heteroatoms. The predicted molar refractivity (Wildman–Crippen MR) is 86.1 cm³/mol. The number of nitrogens with one attached hydrogen (secondary N) is 3. The molecule has 0 saturated carbocycles. The maximum atomic E-state index is 12.9. The smallest absolute Gasteiger partial charge is 0.229 e. The highest BCUT2D eigenvalue weighted by Crippen LogP contribution is 2.33. The predicted octanol–water partition coefficient (Wildman–Crippen LogP) is 1.34. The second kappa shape index (κ2) is 7.44. The van der Waals surface area contributed by atoms with Crippen molar-refractivity contribution in [1.29, 1.82) is 0 Å². The highest BCUT2D eigenvalue weighted by Gasteiger charge is 2.41. The molecule has 2 heterocycles. The lowest BCUT2D eigenvalue weighted by atomic mass is 9.78. The summed E-state index contributed by atoms with van der Waals surface area (Å²) >= 11 is 0. The van der Waals surface area contributed by atoms with Crippen molar-refractivity contribution >= 4 is 18.3 Å². The van der Waals surface area contributed by atoms with E-state index in [0.717, 1.165) is 50.9 Å². The van der Waals surface area contributed by atoms with Crippen molar-refractivity contribution in [3.63, 3.8) is 0 Å². The molecule has 1 atom stereocenters. The molecule has 1 aliphatic carbocycles. The number of ether oxygens (including phenoxy) is 1. The summed E-state index contributed by atoms with van der Waals surface area (Å²) in [5.74, 6) is 0.123. The minimum atomic E-state index is -0.391. The largest absolute Gasteiger partial charge is 0.384 e. The van der Waals surface area contributed by atoms with Crippen molar-refractivity contribution in [2.24, 2.45) is 5.41 Å². The number of H-pyrrole nitrogens is 1. The van der Waals surface area contributed by atoms with Gasteiger partial charge in [0.05, 0.1) is 30.0 Å². The molecule has 124 valence electrons. The summed E-state index contributed by atoms with van der Waals surface area (Å²) in [5, 5.41) is 13.7. The molecule has 0 bridgehead atoms. The molecule has 1 aromatic rings. The first-order valence-corrected chi connectivity index (χ1v) is 7.78. The van der Waals surface area contributed by atoms with Crippen molar-refractivity contribution in [3.8, 4) is 0 Å². The standard InChI is InChI=1S/C15H24N4O2.ClH/c1-21-10-15(5-7-16-8-6-15)14(20)18-12-4-2-3-11-9-17-19-13(11)12;/h9,12,16H,2-8,10H2,1H3,(H,17,19)(H,18,20);1H. The van der Waals surface area contributed by atoms with Crippen LogP contribution in [0.1, 0.15) is 43.0 Å². The van der Waals surface area contributed by atoms with E-state index in [1.54, 1.807) is 7.11 Å². The van der Waals surface area contributed by atoms with Gasteiger partial charge in [-0.25, -0.2) is 0 Å². The van der Waals surface area contributed by atoms with Gasteiger partial charge in [0.2, 0.25) is 5.91 Å². The van der Waals surface area contributed by atoms with Crippen LogP contribution in [0.25, 0.3) is 0 Å². The van der Waals surface area contributed by atoms with Gasteiger partial charge in [0, 0.05) is 7.11 Å². The molecule has 6 nitrogen and oxygen atoms in total. The van der Waals surface area contributed by atoms with E-state index < -0.39 is 5.41 Å². The Labute approximate surface area is 137 Å². The third-order valence-corrected chi connectivity index (χ3v) is 4.81. The number of aryl methyl sites for hydroxylation is 1. The lowest BCUT2D eigenvalue weighted by molar-refractivity contribution is -0.137. The van der Waals surface area contributed by atoms with Crippen LogP contribution in [0.2, 0.25) is 0 Å². The van der Waals surface area contributed by atoms with Gasteiger partial charge in [0.15, 0.2) is 0 Å². The maximum Gasteiger partial charge on any atom is 0.229 e. The van der Waals surface area contributed by atoms with Crippen LogP contribution in [0.4, 0.5) is 0 Å². The highest BCUT2D eigenvalue weighted by molar-refractivity contribution is 5.85. The number of hydrogen-bond donors (Lipinski definition) is 3. The molecular weight excluding hydrogens is 304 g/mol. The van der Waals surface area contributed by atoms with E-state index in [1.165, 1.54) is 5.56 Å². The number of amides is 1. The number of rotatable bonds is 4. The van der Waals surface area contributed by atoms with Gasteiger partial charge < -0.3 is 15.4 Å². The number of hydrogen-bond acceptors (Lipinski definition) is 4. The Bertz CT molecular complexity index is 494. The van der Waals surface area contributed by atoms with E-state index in [2.05, 4.69) is 20.8 Å². The lowest BCUT2D eigenvalue weighted by Gasteiger charge is -2.37. The Kier molecular flexibility index (Phi) is 5.83. The van der Waals surface area contributed by atoms with Gasteiger partial charge in [-0.2, -0.15) is 5.10 Å². The molecule has 2 aliphatic rings. The minimum absolute atomic E-state index is 0. The SMILES string of the molecule is COCC1(C(=O)NC2CCCc3cn[nH]c32)CCNCC1.Cl. The summed E-state index contributed by atoms with van der Waals surface area (Å²) in [4.78, 5) is 12.9. The molecular formula is C15H25ClN4O2. The van der Waals surface area contributed by atoms with Crippen molar-refractivity contribution in [2.75, 3.05) is 26.8 Å². The fourth-order valence-corrected chi connectivity index (χ4v) is 3.54. The monoisotopic (exact) mass is 328 g/mol. The van der Waals surface area contributed by atoms with Crippen LogP contribution < -0.4 is 10.6 Å². The number of carbonyl (C=O) groups excluding carboxylic acids is 1. The number of nitrogens with zero attached hydrogens (tertiary/aromatic N) is 1. The van der Waals surface area contributed by atoms with Crippen LogP contribution in [0, 0.1) is 5.41 Å². The Morgan fingerprint density at radius 2 is 2.27 bits per heavy atom. The zero-order valence-corrected chi connectivity index (χ0v) is 13.8. The number of fused-ring (bicyclic) bond motifs is 1. The van der Waals surface area contributed by atoms with E-state index in [9.17, 15) is 4.79 Å². The van der Waals surface area contributed by atoms with Gasteiger partial charge >= 0.3 is 0 Å². The van der Waals surface area contributed by atoms with E-state index in [1.807, 2.05) is 6.20 Å². The molecule has 1 aromatic heterocycles. The van der Waals surface area contributed by atoms with Gasteiger partial charge in [-0.05, 0) is 50.8 Å². The summed E-state index contributed by atoms with van der Waals surface area (Å²) in [6.45, 7) is 2.23. The Morgan fingerprint density at radius 1 is 1.50 bits per heavy atom. The van der Waals surface area contributed by atoms with E-state index >= 15 is 0 Å². The van der Waals surface area contributed by atoms with Gasteiger partial charge in [0.1, 0.15) is 0 Å². The lowest BCUT2D eigenvalue weighted by Crippen LogP contribution is -2.51. The topological polar surface area (TPSA) is 79.0 Å². The third kappa shape index (κ3) is 3.29. The first-order valence-electron chi connectivity index (χ1n) is 7.78. The zero-order valence-electron chi connectivity index (χ0n) is 13.0. The second-order valence-corrected chi connectivity index (χ2v) is 6.19. The normalized spacial score (nSPS) is 23.2. The first kappa shape index (κ1) is 17.2. The molecule has 0 aromatic carbocycles. The molecule has 0 radical (unpaired) electrons. The van der Waals surface area contributed by atoms with Crippen molar-refractivity contribution in [1.82, 2.24) is 20.8 Å². The van der Waals surface area contributed by atoms with E-state index in [4.69, 9.17) is 4.74 Å². The summed E-state index contributed by atoms with van der Waals surface area (Å²) in [5.41, 5.74) is 1.92. The van der Waals surface area contributed by atoms with Gasteiger partial charge in [0.25, 0.3) is 0 Å².